The van der Waals surface area contributed by atoms with Crippen LogP contribution in [-0.4, -0.2) is 20.3 Å². The second-order valence-electron chi connectivity index (χ2n) is 2.59. The van der Waals surface area contributed by atoms with Gasteiger partial charge in [-0.3, -0.25) is 0 Å². The number of hydrogen-bond donors (Lipinski definition) is 0. The highest BCUT2D eigenvalue weighted by molar-refractivity contribution is 5.37. The molecule has 0 saturated heterocycles. The van der Waals surface area contributed by atoms with E-state index in [4.69, 9.17) is 14.7 Å². The van der Waals surface area contributed by atoms with Gasteiger partial charge in [-0.05, 0) is 12.1 Å². The number of methoxy groups -OCH3 is 1. The topological polar surface area (TPSA) is 42.2 Å². The molecule has 0 aliphatic carbocycles. The minimum absolute atomic E-state index is 0.0140. The Bertz CT molecular complexity index is 346. The molecule has 0 aliphatic heterocycles. The number of nitriles is 1. The van der Waals surface area contributed by atoms with Crippen molar-refractivity contribution in [1.29, 1.82) is 5.26 Å². The fourth-order valence-corrected chi connectivity index (χ4v) is 0.923. The highest BCUT2D eigenvalue weighted by atomic mass is 19.1. The van der Waals surface area contributed by atoms with Crippen molar-refractivity contribution in [3.63, 3.8) is 0 Å². The summed E-state index contributed by atoms with van der Waals surface area (Å²) in [7, 11) is 1.56. The SMILES string of the molecule is COCCOc1ccc(F)c(C#N)c1. The van der Waals surface area contributed by atoms with E-state index >= 15 is 0 Å². The molecule has 0 N–H and O–H groups in total. The first-order chi connectivity index (χ1) is 6.77. The summed E-state index contributed by atoms with van der Waals surface area (Å²) in [4.78, 5) is 0. The molecule has 0 saturated carbocycles. The zero-order chi connectivity index (χ0) is 10.4. The summed E-state index contributed by atoms with van der Waals surface area (Å²) >= 11 is 0. The van der Waals surface area contributed by atoms with Gasteiger partial charge in [-0.25, -0.2) is 4.39 Å². The quantitative estimate of drug-likeness (QED) is 0.687. The monoisotopic (exact) mass is 195 g/mol. The van der Waals surface area contributed by atoms with E-state index in [0.717, 1.165) is 0 Å². The molecule has 1 rings (SSSR count). The van der Waals surface area contributed by atoms with E-state index in [0.29, 0.717) is 19.0 Å². The van der Waals surface area contributed by atoms with Crippen LogP contribution >= 0.6 is 0 Å². The summed E-state index contributed by atoms with van der Waals surface area (Å²) in [5.74, 6) is -0.0633. The van der Waals surface area contributed by atoms with Crippen molar-refractivity contribution in [3.05, 3.63) is 29.6 Å². The van der Waals surface area contributed by atoms with Crippen LogP contribution in [0.4, 0.5) is 4.39 Å². The minimum Gasteiger partial charge on any atom is -0.491 e. The average molecular weight is 195 g/mol. The first kappa shape index (κ1) is 10.5. The molecule has 14 heavy (non-hydrogen) atoms. The predicted octanol–water partition coefficient (Wildman–Crippen LogP) is 1.72. The minimum atomic E-state index is -0.536. The van der Waals surface area contributed by atoms with Gasteiger partial charge in [0.05, 0.1) is 12.2 Å². The Labute approximate surface area is 81.7 Å². The van der Waals surface area contributed by atoms with Crippen LogP contribution in [0.5, 0.6) is 5.75 Å². The van der Waals surface area contributed by atoms with E-state index in [1.165, 1.54) is 18.2 Å². The van der Waals surface area contributed by atoms with Gasteiger partial charge in [0, 0.05) is 13.2 Å². The molecule has 0 bridgehead atoms. The molecule has 3 nitrogen and oxygen atoms in total. The number of rotatable bonds is 4. The molecule has 0 fully saturated rings. The molecule has 0 aliphatic rings. The lowest BCUT2D eigenvalue weighted by Gasteiger charge is -2.05. The Morgan fingerprint density at radius 1 is 1.43 bits per heavy atom. The first-order valence-electron chi connectivity index (χ1n) is 4.09. The molecular weight excluding hydrogens is 185 g/mol. The molecule has 1 aromatic carbocycles. The van der Waals surface area contributed by atoms with Gasteiger partial charge in [-0.2, -0.15) is 5.26 Å². The van der Waals surface area contributed by atoms with Crippen LogP contribution in [0.1, 0.15) is 5.56 Å². The Balaban J connectivity index is 2.66. The highest BCUT2D eigenvalue weighted by Gasteiger charge is 2.02. The third kappa shape index (κ3) is 2.71. The van der Waals surface area contributed by atoms with Crippen LogP contribution in [0.3, 0.4) is 0 Å². The van der Waals surface area contributed by atoms with Crippen molar-refractivity contribution < 1.29 is 13.9 Å². The molecule has 0 spiro atoms. The van der Waals surface area contributed by atoms with Crippen LogP contribution in [0.2, 0.25) is 0 Å². The Kier molecular flexibility index (Phi) is 3.89. The molecule has 0 amide bonds. The lowest BCUT2D eigenvalue weighted by molar-refractivity contribution is 0.146. The molecule has 0 atom stereocenters. The summed E-state index contributed by atoms with van der Waals surface area (Å²) in [5.41, 5.74) is -0.0140. The normalized spacial score (nSPS) is 9.50. The summed E-state index contributed by atoms with van der Waals surface area (Å²) < 4.78 is 22.8. The number of benzene rings is 1. The maximum atomic E-state index is 12.9. The zero-order valence-electron chi connectivity index (χ0n) is 7.79. The third-order valence-corrected chi connectivity index (χ3v) is 1.61. The van der Waals surface area contributed by atoms with Crippen molar-refractivity contribution in [3.8, 4) is 11.8 Å². The largest absolute Gasteiger partial charge is 0.491 e. The molecule has 0 radical (unpaired) electrons. The standard InChI is InChI=1S/C10H10FNO2/c1-13-4-5-14-9-2-3-10(11)8(6-9)7-12/h2-3,6H,4-5H2,1H3. The maximum Gasteiger partial charge on any atom is 0.141 e. The van der Waals surface area contributed by atoms with E-state index < -0.39 is 5.82 Å². The van der Waals surface area contributed by atoms with Gasteiger partial charge < -0.3 is 9.47 Å². The van der Waals surface area contributed by atoms with Crippen LogP contribution in [0.25, 0.3) is 0 Å². The Morgan fingerprint density at radius 3 is 2.86 bits per heavy atom. The van der Waals surface area contributed by atoms with Crippen molar-refractivity contribution in [2.75, 3.05) is 20.3 Å². The molecular formula is C10H10FNO2. The number of halogens is 1. The van der Waals surface area contributed by atoms with Crippen LogP contribution in [0.15, 0.2) is 18.2 Å². The van der Waals surface area contributed by atoms with E-state index in [2.05, 4.69) is 0 Å². The maximum absolute atomic E-state index is 12.9. The molecule has 0 aromatic heterocycles. The van der Waals surface area contributed by atoms with Crippen LogP contribution < -0.4 is 4.74 Å². The average Bonchev–Trinajstić information content (AvgIpc) is 2.21. The van der Waals surface area contributed by atoms with Crippen molar-refractivity contribution >= 4 is 0 Å². The smallest absolute Gasteiger partial charge is 0.141 e. The first-order valence-corrected chi connectivity index (χ1v) is 4.09. The van der Waals surface area contributed by atoms with E-state index in [9.17, 15) is 4.39 Å². The van der Waals surface area contributed by atoms with Crippen molar-refractivity contribution in [1.82, 2.24) is 0 Å². The number of nitrogens with zero attached hydrogens (tertiary/aromatic N) is 1. The molecule has 4 heteroatoms. The third-order valence-electron chi connectivity index (χ3n) is 1.61. The fourth-order valence-electron chi connectivity index (χ4n) is 0.923. The van der Waals surface area contributed by atoms with Crippen molar-refractivity contribution in [2.24, 2.45) is 0 Å². The summed E-state index contributed by atoms with van der Waals surface area (Å²) in [6.07, 6.45) is 0. The zero-order valence-corrected chi connectivity index (χ0v) is 7.79. The molecule has 74 valence electrons. The van der Waals surface area contributed by atoms with Crippen LogP contribution in [-0.2, 0) is 4.74 Å². The van der Waals surface area contributed by atoms with Gasteiger partial charge in [0.15, 0.2) is 0 Å². The summed E-state index contributed by atoms with van der Waals surface area (Å²) in [5, 5.41) is 8.54. The van der Waals surface area contributed by atoms with Gasteiger partial charge >= 0.3 is 0 Å². The Morgan fingerprint density at radius 2 is 2.21 bits per heavy atom. The second-order valence-corrected chi connectivity index (χ2v) is 2.59. The lowest BCUT2D eigenvalue weighted by atomic mass is 10.2. The second kappa shape index (κ2) is 5.20. The molecule has 1 aromatic rings. The van der Waals surface area contributed by atoms with Crippen LogP contribution in [0, 0.1) is 17.1 Å². The number of hydrogen-bond acceptors (Lipinski definition) is 3. The van der Waals surface area contributed by atoms with Gasteiger partial charge in [0.25, 0.3) is 0 Å². The Hall–Kier alpha value is -1.60. The predicted molar refractivity (Wildman–Crippen MR) is 48.5 cm³/mol. The highest BCUT2D eigenvalue weighted by Crippen LogP contribution is 2.15. The van der Waals surface area contributed by atoms with E-state index in [1.807, 2.05) is 0 Å². The van der Waals surface area contributed by atoms with Gasteiger partial charge in [0.2, 0.25) is 0 Å². The van der Waals surface area contributed by atoms with Crippen molar-refractivity contribution in [2.45, 2.75) is 0 Å². The lowest BCUT2D eigenvalue weighted by Crippen LogP contribution is -2.04. The fraction of sp³-hybridized carbons (Fsp3) is 0.300. The van der Waals surface area contributed by atoms with Gasteiger partial charge in [-0.15, -0.1) is 0 Å². The van der Waals surface area contributed by atoms with E-state index in [-0.39, 0.29) is 5.56 Å². The summed E-state index contributed by atoms with van der Waals surface area (Å²) in [6, 6.07) is 5.79. The summed E-state index contributed by atoms with van der Waals surface area (Å²) in [6.45, 7) is 0.840. The van der Waals surface area contributed by atoms with Gasteiger partial charge in [-0.1, -0.05) is 0 Å². The molecule has 0 heterocycles. The van der Waals surface area contributed by atoms with Gasteiger partial charge in [0.1, 0.15) is 24.2 Å². The van der Waals surface area contributed by atoms with E-state index in [1.54, 1.807) is 13.2 Å². The molecule has 0 unspecified atom stereocenters. The number of ether oxygens (including phenoxy) is 2.